The molecule has 172 valence electrons. The van der Waals surface area contributed by atoms with Gasteiger partial charge in [-0.2, -0.15) is 5.10 Å². The molecule has 0 saturated heterocycles. The molecule has 3 heterocycles. The molecule has 5 rings (SSSR count). The van der Waals surface area contributed by atoms with E-state index in [1.54, 1.807) is 17.1 Å². The molecular formula is C24H17F3N4O2S. The average Bonchev–Trinajstić information content (AvgIpc) is 3.41. The summed E-state index contributed by atoms with van der Waals surface area (Å²) in [6.45, 7) is 2.40. The van der Waals surface area contributed by atoms with Crippen molar-refractivity contribution < 1.29 is 17.9 Å². The Hall–Kier alpha value is -3.92. The zero-order chi connectivity index (χ0) is 23.9. The standard InChI is InChI=1S/C24H17F3N4O2S/c1-15-29-21-20(17-11-28-30(13-17)12-16-5-3-2-4-6-16)14-31(23(32)22(21)34-15)18-7-9-19(10-8-18)33-24(25,26)27/h2-11,13-14H,12H2,1H3. The van der Waals surface area contributed by atoms with Crippen molar-refractivity contribution in [2.45, 2.75) is 19.8 Å². The third kappa shape index (κ3) is 4.44. The molecule has 0 fully saturated rings. The van der Waals surface area contributed by atoms with Crippen LogP contribution in [0.1, 0.15) is 10.6 Å². The fourth-order valence-electron chi connectivity index (χ4n) is 3.68. The number of nitrogens with zero attached hydrogens (tertiary/aromatic N) is 4. The summed E-state index contributed by atoms with van der Waals surface area (Å²) in [5.41, 5.74) is 3.25. The van der Waals surface area contributed by atoms with E-state index in [2.05, 4.69) is 14.8 Å². The molecule has 0 spiro atoms. The highest BCUT2D eigenvalue weighted by atomic mass is 32.1. The van der Waals surface area contributed by atoms with E-state index in [-0.39, 0.29) is 11.3 Å². The van der Waals surface area contributed by atoms with Crippen LogP contribution in [0.15, 0.2) is 78.0 Å². The summed E-state index contributed by atoms with van der Waals surface area (Å²) >= 11 is 1.27. The molecule has 34 heavy (non-hydrogen) atoms. The van der Waals surface area contributed by atoms with Crippen molar-refractivity contribution in [1.29, 1.82) is 0 Å². The van der Waals surface area contributed by atoms with Crippen LogP contribution in [-0.4, -0.2) is 25.7 Å². The van der Waals surface area contributed by atoms with Gasteiger partial charge in [0, 0.05) is 29.2 Å². The van der Waals surface area contributed by atoms with Gasteiger partial charge in [0.05, 0.1) is 23.3 Å². The van der Waals surface area contributed by atoms with Gasteiger partial charge in [-0.15, -0.1) is 24.5 Å². The molecule has 0 N–H and O–H groups in total. The van der Waals surface area contributed by atoms with Gasteiger partial charge in [-0.1, -0.05) is 30.3 Å². The zero-order valence-corrected chi connectivity index (χ0v) is 18.6. The van der Waals surface area contributed by atoms with Gasteiger partial charge in [-0.25, -0.2) is 4.98 Å². The Kier molecular flexibility index (Phi) is 5.45. The predicted octanol–water partition coefficient (Wildman–Crippen LogP) is 5.57. The fraction of sp³-hybridized carbons (Fsp3) is 0.125. The van der Waals surface area contributed by atoms with E-state index < -0.39 is 6.36 Å². The van der Waals surface area contributed by atoms with Crippen molar-refractivity contribution in [2.24, 2.45) is 0 Å². The number of pyridine rings is 1. The Labute approximate surface area is 195 Å². The number of rotatable bonds is 5. The van der Waals surface area contributed by atoms with Crippen LogP contribution in [0.2, 0.25) is 0 Å². The first-order valence-electron chi connectivity index (χ1n) is 10.2. The van der Waals surface area contributed by atoms with Crippen molar-refractivity contribution in [3.8, 4) is 22.6 Å². The van der Waals surface area contributed by atoms with Crippen molar-refractivity contribution in [3.05, 3.63) is 94.1 Å². The van der Waals surface area contributed by atoms with Crippen molar-refractivity contribution in [3.63, 3.8) is 0 Å². The number of hydrogen-bond donors (Lipinski definition) is 0. The first kappa shape index (κ1) is 21.9. The Bertz CT molecular complexity index is 1520. The quantitative estimate of drug-likeness (QED) is 0.329. The smallest absolute Gasteiger partial charge is 0.406 e. The van der Waals surface area contributed by atoms with E-state index in [0.29, 0.717) is 28.0 Å². The van der Waals surface area contributed by atoms with Gasteiger partial charge in [0.1, 0.15) is 10.4 Å². The molecule has 2 aromatic carbocycles. The number of halogens is 3. The Morgan fingerprint density at radius 3 is 2.47 bits per heavy atom. The summed E-state index contributed by atoms with van der Waals surface area (Å²) in [5, 5.41) is 5.19. The van der Waals surface area contributed by atoms with E-state index in [1.807, 2.05) is 43.5 Å². The number of fused-ring (bicyclic) bond motifs is 1. The molecule has 3 aromatic heterocycles. The normalized spacial score (nSPS) is 11.8. The van der Waals surface area contributed by atoms with Crippen LogP contribution in [0.3, 0.4) is 0 Å². The van der Waals surface area contributed by atoms with Gasteiger partial charge in [0.15, 0.2) is 0 Å². The molecule has 0 radical (unpaired) electrons. The van der Waals surface area contributed by atoms with Crippen LogP contribution in [0.4, 0.5) is 13.2 Å². The van der Waals surface area contributed by atoms with Gasteiger partial charge in [0.2, 0.25) is 0 Å². The highest BCUT2D eigenvalue weighted by Gasteiger charge is 2.31. The maximum Gasteiger partial charge on any atom is 0.573 e. The van der Waals surface area contributed by atoms with Crippen LogP contribution in [0.25, 0.3) is 27.0 Å². The maximum atomic E-state index is 13.2. The lowest BCUT2D eigenvalue weighted by molar-refractivity contribution is -0.274. The summed E-state index contributed by atoms with van der Waals surface area (Å²) in [7, 11) is 0. The van der Waals surface area contributed by atoms with Crippen LogP contribution >= 0.6 is 11.3 Å². The second-order valence-electron chi connectivity index (χ2n) is 7.58. The van der Waals surface area contributed by atoms with E-state index in [9.17, 15) is 18.0 Å². The molecule has 0 aliphatic carbocycles. The highest BCUT2D eigenvalue weighted by Crippen LogP contribution is 2.31. The van der Waals surface area contributed by atoms with Crippen molar-refractivity contribution in [1.82, 2.24) is 19.3 Å². The average molecular weight is 482 g/mol. The van der Waals surface area contributed by atoms with Crippen LogP contribution in [0.5, 0.6) is 5.75 Å². The molecule has 10 heteroatoms. The monoisotopic (exact) mass is 482 g/mol. The summed E-state index contributed by atoms with van der Waals surface area (Å²) < 4.78 is 45.1. The molecular weight excluding hydrogens is 465 g/mol. The lowest BCUT2D eigenvalue weighted by Crippen LogP contribution is -2.18. The minimum absolute atomic E-state index is 0.300. The van der Waals surface area contributed by atoms with Gasteiger partial charge >= 0.3 is 6.36 Å². The lowest BCUT2D eigenvalue weighted by atomic mass is 10.1. The minimum Gasteiger partial charge on any atom is -0.406 e. The molecule has 0 unspecified atom stereocenters. The predicted molar refractivity (Wildman–Crippen MR) is 123 cm³/mol. The molecule has 6 nitrogen and oxygen atoms in total. The first-order chi connectivity index (χ1) is 16.3. The summed E-state index contributed by atoms with van der Waals surface area (Å²) in [4.78, 5) is 17.7. The van der Waals surface area contributed by atoms with E-state index in [0.717, 1.165) is 16.1 Å². The number of alkyl halides is 3. The molecule has 0 bridgehead atoms. The second kappa shape index (κ2) is 8.45. The third-order valence-electron chi connectivity index (χ3n) is 5.14. The number of hydrogen-bond acceptors (Lipinski definition) is 5. The van der Waals surface area contributed by atoms with Crippen molar-refractivity contribution in [2.75, 3.05) is 0 Å². The SMILES string of the molecule is Cc1nc2c(-c3cnn(Cc4ccccc4)c3)cn(-c3ccc(OC(F)(F)F)cc3)c(=O)c2s1. The first-order valence-corrected chi connectivity index (χ1v) is 11.0. The Morgan fingerprint density at radius 2 is 1.76 bits per heavy atom. The van der Waals surface area contributed by atoms with E-state index in [1.165, 1.54) is 40.2 Å². The molecule has 0 saturated carbocycles. The van der Waals surface area contributed by atoms with Crippen molar-refractivity contribution >= 4 is 21.6 Å². The molecule has 0 aliphatic rings. The number of thiazole rings is 1. The number of aryl methyl sites for hydroxylation is 1. The Balaban J connectivity index is 1.57. The number of ether oxygens (including phenoxy) is 1. The molecule has 0 amide bonds. The van der Waals surface area contributed by atoms with Gasteiger partial charge in [-0.05, 0) is 36.8 Å². The lowest BCUT2D eigenvalue weighted by Gasteiger charge is -2.11. The van der Waals surface area contributed by atoms with Gasteiger partial charge in [0.25, 0.3) is 5.56 Å². The van der Waals surface area contributed by atoms with E-state index in [4.69, 9.17) is 0 Å². The maximum absolute atomic E-state index is 13.2. The van der Waals surface area contributed by atoms with Gasteiger partial charge < -0.3 is 4.74 Å². The molecule has 0 atom stereocenters. The Morgan fingerprint density at radius 1 is 1.03 bits per heavy atom. The second-order valence-corrected chi connectivity index (χ2v) is 8.79. The largest absolute Gasteiger partial charge is 0.573 e. The summed E-state index contributed by atoms with van der Waals surface area (Å²) in [5.74, 6) is -0.360. The van der Waals surface area contributed by atoms with E-state index >= 15 is 0 Å². The minimum atomic E-state index is -4.79. The fourth-order valence-corrected chi connectivity index (χ4v) is 4.55. The highest BCUT2D eigenvalue weighted by molar-refractivity contribution is 7.18. The zero-order valence-electron chi connectivity index (χ0n) is 17.8. The van der Waals surface area contributed by atoms with Gasteiger partial charge in [-0.3, -0.25) is 14.0 Å². The van der Waals surface area contributed by atoms with Crippen LogP contribution in [0, 0.1) is 6.92 Å². The van der Waals surface area contributed by atoms with Crippen LogP contribution in [-0.2, 0) is 6.54 Å². The number of benzene rings is 2. The topological polar surface area (TPSA) is 61.9 Å². The third-order valence-corrected chi connectivity index (χ3v) is 6.10. The summed E-state index contributed by atoms with van der Waals surface area (Å²) in [6, 6.07) is 15.1. The molecule has 0 aliphatic heterocycles. The molecule has 5 aromatic rings. The summed E-state index contributed by atoms with van der Waals surface area (Å²) in [6.07, 6.45) is 0.449. The number of aromatic nitrogens is 4. The van der Waals surface area contributed by atoms with Crippen LogP contribution < -0.4 is 10.3 Å².